The van der Waals surface area contributed by atoms with Crippen molar-refractivity contribution in [1.29, 1.82) is 0 Å². The molecular weight excluding hydrogens is 234 g/mol. The third kappa shape index (κ3) is 3.68. The summed E-state index contributed by atoms with van der Waals surface area (Å²) in [5, 5.41) is 3.46. The standard InChI is InChI=1S/C17H25NO/c1-18-16(14-10-6-3-4-7-11-14)17(19-2)15-12-8-5-9-13-15/h5,8-10,12-13,16-18H,3-4,6-7,11H2,1-2H3. The average Bonchev–Trinajstić information content (AvgIpc) is 2.74. The Labute approximate surface area is 116 Å². The molecule has 0 aliphatic heterocycles. The van der Waals surface area contributed by atoms with Gasteiger partial charge >= 0.3 is 0 Å². The number of methoxy groups -OCH3 is 1. The minimum Gasteiger partial charge on any atom is -0.375 e. The van der Waals surface area contributed by atoms with Gasteiger partial charge in [0, 0.05) is 7.11 Å². The van der Waals surface area contributed by atoms with Crippen molar-refractivity contribution in [1.82, 2.24) is 5.32 Å². The van der Waals surface area contributed by atoms with Gasteiger partial charge in [-0.1, -0.05) is 48.4 Å². The Kier molecular flexibility index (Phi) is 5.62. The molecule has 2 nitrogen and oxygen atoms in total. The monoisotopic (exact) mass is 259 g/mol. The first kappa shape index (κ1) is 14.3. The Bertz CT molecular complexity index is 399. The van der Waals surface area contributed by atoms with E-state index in [0.29, 0.717) is 0 Å². The number of hydrogen-bond donors (Lipinski definition) is 1. The maximum atomic E-state index is 5.78. The summed E-state index contributed by atoms with van der Waals surface area (Å²) in [5.41, 5.74) is 2.75. The van der Waals surface area contributed by atoms with Crippen molar-refractivity contribution < 1.29 is 4.74 Å². The number of rotatable bonds is 5. The molecule has 2 atom stereocenters. The SMILES string of the molecule is CNC(C1=CCCCCC1)C(OC)c1ccccc1. The fourth-order valence-corrected chi connectivity index (χ4v) is 2.96. The summed E-state index contributed by atoms with van der Waals surface area (Å²) < 4.78 is 5.78. The lowest BCUT2D eigenvalue weighted by Crippen LogP contribution is -2.35. The molecular formula is C17H25NO. The van der Waals surface area contributed by atoms with Crippen LogP contribution < -0.4 is 5.32 Å². The number of benzene rings is 1. The molecule has 1 aromatic rings. The molecule has 1 aliphatic carbocycles. The van der Waals surface area contributed by atoms with Gasteiger partial charge in [-0.15, -0.1) is 0 Å². The summed E-state index contributed by atoms with van der Waals surface area (Å²) in [6, 6.07) is 10.8. The molecule has 0 spiro atoms. The highest BCUT2D eigenvalue weighted by Crippen LogP contribution is 2.29. The number of nitrogens with one attached hydrogen (secondary N) is 1. The summed E-state index contributed by atoms with van der Waals surface area (Å²) >= 11 is 0. The van der Waals surface area contributed by atoms with Crippen LogP contribution >= 0.6 is 0 Å². The molecule has 1 aliphatic rings. The molecule has 0 bridgehead atoms. The molecule has 1 aromatic carbocycles. The van der Waals surface area contributed by atoms with Crippen LogP contribution in [0.2, 0.25) is 0 Å². The topological polar surface area (TPSA) is 21.3 Å². The van der Waals surface area contributed by atoms with Crippen molar-refractivity contribution in [3.05, 3.63) is 47.5 Å². The van der Waals surface area contributed by atoms with Crippen LogP contribution in [0.4, 0.5) is 0 Å². The number of hydrogen-bond acceptors (Lipinski definition) is 2. The smallest absolute Gasteiger partial charge is 0.101 e. The summed E-state index contributed by atoms with van der Waals surface area (Å²) in [5.74, 6) is 0. The lowest BCUT2D eigenvalue weighted by Gasteiger charge is -2.28. The van der Waals surface area contributed by atoms with Crippen molar-refractivity contribution in [3.63, 3.8) is 0 Å². The lowest BCUT2D eigenvalue weighted by atomic mass is 9.93. The van der Waals surface area contributed by atoms with Crippen LogP contribution in [0.3, 0.4) is 0 Å². The third-order valence-corrected chi connectivity index (χ3v) is 3.97. The molecule has 0 radical (unpaired) electrons. The maximum absolute atomic E-state index is 5.78. The van der Waals surface area contributed by atoms with Gasteiger partial charge in [0.1, 0.15) is 6.10 Å². The van der Waals surface area contributed by atoms with Gasteiger partial charge in [0.05, 0.1) is 6.04 Å². The highest BCUT2D eigenvalue weighted by atomic mass is 16.5. The molecule has 0 saturated heterocycles. The van der Waals surface area contributed by atoms with E-state index >= 15 is 0 Å². The highest BCUT2D eigenvalue weighted by molar-refractivity contribution is 5.25. The predicted molar refractivity (Wildman–Crippen MR) is 80.2 cm³/mol. The van der Waals surface area contributed by atoms with E-state index < -0.39 is 0 Å². The van der Waals surface area contributed by atoms with Gasteiger partial charge in [-0.05, 0) is 38.3 Å². The second-order valence-electron chi connectivity index (χ2n) is 5.21. The second kappa shape index (κ2) is 7.46. The minimum absolute atomic E-state index is 0.0931. The molecule has 0 fully saturated rings. The fourth-order valence-electron chi connectivity index (χ4n) is 2.96. The molecule has 0 amide bonds. The minimum atomic E-state index is 0.0931. The van der Waals surface area contributed by atoms with Crippen molar-refractivity contribution in [3.8, 4) is 0 Å². The quantitative estimate of drug-likeness (QED) is 0.811. The predicted octanol–water partition coefficient (Wildman–Crippen LogP) is 3.85. The number of ether oxygens (including phenoxy) is 1. The van der Waals surface area contributed by atoms with Crippen LogP contribution in [-0.2, 0) is 4.74 Å². The van der Waals surface area contributed by atoms with Gasteiger partial charge < -0.3 is 10.1 Å². The summed E-state index contributed by atoms with van der Waals surface area (Å²) in [6.45, 7) is 0. The van der Waals surface area contributed by atoms with E-state index in [9.17, 15) is 0 Å². The van der Waals surface area contributed by atoms with E-state index in [4.69, 9.17) is 4.74 Å². The molecule has 104 valence electrons. The zero-order valence-corrected chi connectivity index (χ0v) is 12.1. The molecule has 2 heteroatoms. The summed E-state index contributed by atoms with van der Waals surface area (Å²) in [6.07, 6.45) is 8.88. The number of allylic oxidation sites excluding steroid dienone is 1. The molecule has 2 rings (SSSR count). The van der Waals surface area contributed by atoms with E-state index in [1.807, 2.05) is 7.05 Å². The van der Waals surface area contributed by atoms with E-state index in [-0.39, 0.29) is 12.1 Å². The maximum Gasteiger partial charge on any atom is 0.101 e. The van der Waals surface area contributed by atoms with Gasteiger partial charge in [-0.3, -0.25) is 0 Å². The zero-order chi connectivity index (χ0) is 13.5. The average molecular weight is 259 g/mol. The van der Waals surface area contributed by atoms with Crippen molar-refractivity contribution >= 4 is 0 Å². The van der Waals surface area contributed by atoms with Gasteiger partial charge in [-0.2, -0.15) is 0 Å². The van der Waals surface area contributed by atoms with Crippen molar-refractivity contribution in [2.24, 2.45) is 0 Å². The van der Waals surface area contributed by atoms with Crippen LogP contribution in [0.25, 0.3) is 0 Å². The van der Waals surface area contributed by atoms with Gasteiger partial charge in [0.25, 0.3) is 0 Å². The Morgan fingerprint density at radius 1 is 1.11 bits per heavy atom. The zero-order valence-electron chi connectivity index (χ0n) is 12.1. The van der Waals surface area contributed by atoms with E-state index in [2.05, 4.69) is 41.7 Å². The largest absolute Gasteiger partial charge is 0.375 e. The fraction of sp³-hybridized carbons (Fsp3) is 0.529. The first-order valence-corrected chi connectivity index (χ1v) is 7.30. The second-order valence-corrected chi connectivity index (χ2v) is 5.21. The van der Waals surface area contributed by atoms with E-state index in [0.717, 1.165) is 0 Å². The summed E-state index contributed by atoms with van der Waals surface area (Å²) in [4.78, 5) is 0. The van der Waals surface area contributed by atoms with Crippen LogP contribution in [0.5, 0.6) is 0 Å². The van der Waals surface area contributed by atoms with Crippen molar-refractivity contribution in [2.45, 2.75) is 44.2 Å². The molecule has 0 aromatic heterocycles. The molecule has 19 heavy (non-hydrogen) atoms. The number of likely N-dealkylation sites (N-methyl/N-ethyl adjacent to an activating group) is 1. The van der Waals surface area contributed by atoms with Gasteiger partial charge in [0.2, 0.25) is 0 Å². The van der Waals surface area contributed by atoms with Crippen molar-refractivity contribution in [2.75, 3.05) is 14.2 Å². The molecule has 0 saturated carbocycles. The van der Waals surface area contributed by atoms with Crippen LogP contribution in [-0.4, -0.2) is 20.2 Å². The third-order valence-electron chi connectivity index (χ3n) is 3.97. The Morgan fingerprint density at radius 2 is 1.89 bits per heavy atom. The van der Waals surface area contributed by atoms with E-state index in [1.54, 1.807) is 7.11 Å². The lowest BCUT2D eigenvalue weighted by molar-refractivity contribution is 0.0799. The molecule has 0 heterocycles. The van der Waals surface area contributed by atoms with Crippen LogP contribution in [0.1, 0.15) is 43.8 Å². The summed E-state index contributed by atoms with van der Waals surface area (Å²) in [7, 11) is 3.84. The first-order valence-electron chi connectivity index (χ1n) is 7.30. The Balaban J connectivity index is 2.21. The Hall–Kier alpha value is -1.12. The first-order chi connectivity index (χ1) is 9.36. The normalized spacial score (nSPS) is 19.4. The van der Waals surface area contributed by atoms with E-state index in [1.165, 1.54) is 43.2 Å². The highest BCUT2D eigenvalue weighted by Gasteiger charge is 2.25. The molecule has 2 unspecified atom stereocenters. The van der Waals surface area contributed by atoms with Gasteiger partial charge in [-0.25, -0.2) is 0 Å². The van der Waals surface area contributed by atoms with Crippen LogP contribution in [0.15, 0.2) is 42.0 Å². The molecule has 1 N–H and O–H groups in total. The van der Waals surface area contributed by atoms with Crippen LogP contribution in [0, 0.1) is 0 Å². The van der Waals surface area contributed by atoms with Gasteiger partial charge in [0.15, 0.2) is 0 Å². The Morgan fingerprint density at radius 3 is 2.58 bits per heavy atom.